The van der Waals surface area contributed by atoms with Crippen LogP contribution in [0.25, 0.3) is 32.9 Å². The number of rotatable bonds is 7. The highest BCUT2D eigenvalue weighted by molar-refractivity contribution is 7.80. The Morgan fingerprint density at radius 2 is 0.844 bits per heavy atom. The lowest BCUT2D eigenvalue weighted by atomic mass is 9.99. The minimum atomic E-state index is -0.992. The summed E-state index contributed by atoms with van der Waals surface area (Å²) < 4.78 is 7.11. The Hall–Kier alpha value is -4.80. The van der Waals surface area contributed by atoms with Gasteiger partial charge in [0.25, 0.3) is 0 Å². The molecule has 0 aliphatic carbocycles. The lowest BCUT2D eigenvalue weighted by molar-refractivity contribution is 0.655. The highest BCUT2D eigenvalue weighted by Gasteiger charge is 2.30. The number of hydrogen-bond donors (Lipinski definition) is 0. The van der Waals surface area contributed by atoms with E-state index in [-0.39, 0.29) is 0 Å². The third-order valence-corrected chi connectivity index (χ3v) is 13.1. The molecule has 8 aromatic rings. The van der Waals surface area contributed by atoms with Gasteiger partial charge in [-0.3, -0.25) is 0 Å². The van der Waals surface area contributed by atoms with Crippen molar-refractivity contribution in [3.8, 4) is 11.1 Å². The molecular weight excluding hydrogens is 582 g/mol. The molecule has 1 aromatic heterocycles. The Morgan fingerprint density at radius 3 is 1.42 bits per heavy atom. The minimum absolute atomic E-state index is 0.845. The zero-order chi connectivity index (χ0) is 30.0. The van der Waals surface area contributed by atoms with Gasteiger partial charge in [0.05, 0.1) is 0 Å². The first kappa shape index (κ1) is 27.7. The summed E-state index contributed by atoms with van der Waals surface area (Å²) in [5.41, 5.74) is 4.41. The summed E-state index contributed by atoms with van der Waals surface area (Å²) >= 11 is 0. The number of benzene rings is 7. The Kier molecular flexibility index (Phi) is 7.58. The van der Waals surface area contributed by atoms with Gasteiger partial charge in [0.1, 0.15) is 11.1 Å². The van der Waals surface area contributed by atoms with E-state index < -0.39 is 15.8 Å². The molecule has 0 unspecified atom stereocenters. The molecular formula is C42H30OP2. The molecule has 1 heterocycles. The maximum atomic E-state index is 7.11. The van der Waals surface area contributed by atoms with E-state index in [4.69, 9.17) is 4.42 Å². The molecule has 0 aliphatic rings. The van der Waals surface area contributed by atoms with Crippen LogP contribution in [0.2, 0.25) is 0 Å². The zero-order valence-electron chi connectivity index (χ0n) is 24.6. The van der Waals surface area contributed by atoms with Gasteiger partial charge in [-0.05, 0) is 56.8 Å². The van der Waals surface area contributed by atoms with Gasteiger partial charge in [-0.15, -0.1) is 0 Å². The van der Waals surface area contributed by atoms with Crippen molar-refractivity contribution in [3.63, 3.8) is 0 Å². The second-order valence-corrected chi connectivity index (χ2v) is 15.3. The molecule has 1 nitrogen and oxygen atoms in total. The molecule has 0 spiro atoms. The normalized spacial score (nSPS) is 11.5. The van der Waals surface area contributed by atoms with E-state index in [1.165, 1.54) is 53.8 Å². The molecule has 0 saturated carbocycles. The van der Waals surface area contributed by atoms with Crippen LogP contribution in [0.15, 0.2) is 186 Å². The topological polar surface area (TPSA) is 13.1 Å². The van der Waals surface area contributed by atoms with E-state index in [9.17, 15) is 0 Å². The summed E-state index contributed by atoms with van der Waals surface area (Å²) in [5, 5.41) is 10.2. The summed E-state index contributed by atoms with van der Waals surface area (Å²) in [6.07, 6.45) is 0. The van der Waals surface area contributed by atoms with Crippen LogP contribution >= 0.6 is 15.8 Å². The molecule has 0 atom stereocenters. The number of fused-ring (bicyclic) bond motifs is 3. The standard InChI is InChI=1S/C42H30OP2/c1-5-18-32(19-6-1)44(33-20-7-2-8-21-33)39-28-16-15-27-37(39)41-40-36-26-14-13-17-31(36)29-30-38(40)43-42(41)45(34-22-9-3-10-23-34)35-24-11-4-12-25-35/h1-30H. The Balaban J connectivity index is 1.49. The average molecular weight is 613 g/mol. The quantitative estimate of drug-likeness (QED) is 0.164. The maximum absolute atomic E-state index is 7.11. The van der Waals surface area contributed by atoms with Crippen LogP contribution in [0, 0.1) is 0 Å². The summed E-state index contributed by atoms with van der Waals surface area (Å²) in [6, 6.07) is 65.8. The first-order valence-electron chi connectivity index (χ1n) is 15.2. The molecule has 0 fully saturated rings. The molecule has 0 saturated heterocycles. The average Bonchev–Trinajstić information content (AvgIpc) is 3.50. The molecule has 0 radical (unpaired) electrons. The smallest absolute Gasteiger partial charge is 0.143 e. The second-order valence-electron chi connectivity index (χ2n) is 11.0. The highest BCUT2D eigenvalue weighted by atomic mass is 31.1. The van der Waals surface area contributed by atoms with Crippen molar-refractivity contribution in [3.05, 3.63) is 182 Å². The fourth-order valence-electron chi connectivity index (χ4n) is 6.26. The molecule has 214 valence electrons. The number of hydrogen-bond acceptors (Lipinski definition) is 1. The van der Waals surface area contributed by atoms with Gasteiger partial charge >= 0.3 is 0 Å². The molecule has 3 heteroatoms. The third-order valence-electron chi connectivity index (χ3n) is 8.24. The zero-order valence-corrected chi connectivity index (χ0v) is 26.4. The van der Waals surface area contributed by atoms with Crippen LogP contribution in [-0.2, 0) is 0 Å². The van der Waals surface area contributed by atoms with Crippen molar-refractivity contribution in [2.24, 2.45) is 0 Å². The monoisotopic (exact) mass is 612 g/mol. The fraction of sp³-hybridized carbons (Fsp3) is 0. The van der Waals surface area contributed by atoms with E-state index in [0.29, 0.717) is 0 Å². The summed E-state index contributed by atoms with van der Waals surface area (Å²) in [7, 11) is -1.84. The number of furan rings is 1. The van der Waals surface area contributed by atoms with Crippen molar-refractivity contribution >= 4 is 69.6 Å². The Bertz CT molecular complexity index is 2130. The molecule has 0 bridgehead atoms. The van der Waals surface area contributed by atoms with Crippen LogP contribution in [0.5, 0.6) is 0 Å². The van der Waals surface area contributed by atoms with Gasteiger partial charge in [0, 0.05) is 18.9 Å². The SMILES string of the molecule is c1ccc(P(c2ccccc2)c2ccccc2-c2c(P(c3ccccc3)c3ccccc3)oc3ccc4ccccc4c23)cc1. The van der Waals surface area contributed by atoms with Gasteiger partial charge in [0.2, 0.25) is 0 Å². The van der Waals surface area contributed by atoms with Gasteiger partial charge in [-0.2, -0.15) is 0 Å². The van der Waals surface area contributed by atoms with Crippen LogP contribution < -0.4 is 32.0 Å². The first-order valence-corrected chi connectivity index (χ1v) is 17.9. The Morgan fingerprint density at radius 1 is 0.378 bits per heavy atom. The highest BCUT2D eigenvalue weighted by Crippen LogP contribution is 2.46. The fourth-order valence-corrected chi connectivity index (χ4v) is 11.1. The van der Waals surface area contributed by atoms with Crippen LogP contribution in [0.4, 0.5) is 0 Å². The van der Waals surface area contributed by atoms with Gasteiger partial charge < -0.3 is 4.42 Å². The van der Waals surface area contributed by atoms with Crippen molar-refractivity contribution in [2.75, 3.05) is 0 Å². The molecule has 0 aliphatic heterocycles. The first-order chi connectivity index (χ1) is 22.4. The van der Waals surface area contributed by atoms with E-state index in [1.54, 1.807) is 0 Å². The lowest BCUT2D eigenvalue weighted by Gasteiger charge is -2.24. The van der Waals surface area contributed by atoms with Crippen molar-refractivity contribution in [1.29, 1.82) is 0 Å². The van der Waals surface area contributed by atoms with Crippen molar-refractivity contribution in [1.82, 2.24) is 0 Å². The van der Waals surface area contributed by atoms with Gasteiger partial charge in [0.15, 0.2) is 0 Å². The van der Waals surface area contributed by atoms with Crippen LogP contribution in [-0.4, -0.2) is 0 Å². The van der Waals surface area contributed by atoms with E-state index in [2.05, 4.69) is 182 Å². The van der Waals surface area contributed by atoms with Crippen LogP contribution in [0.3, 0.4) is 0 Å². The molecule has 45 heavy (non-hydrogen) atoms. The largest absolute Gasteiger partial charge is 0.455 e. The molecule has 0 N–H and O–H groups in total. The van der Waals surface area contributed by atoms with E-state index in [1.807, 2.05) is 0 Å². The maximum Gasteiger partial charge on any atom is 0.143 e. The molecule has 0 amide bonds. The van der Waals surface area contributed by atoms with Gasteiger partial charge in [-0.1, -0.05) is 176 Å². The van der Waals surface area contributed by atoms with Crippen molar-refractivity contribution in [2.45, 2.75) is 0 Å². The molecule has 8 rings (SSSR count). The predicted molar refractivity (Wildman–Crippen MR) is 197 cm³/mol. The minimum Gasteiger partial charge on any atom is -0.455 e. The summed E-state index contributed by atoms with van der Waals surface area (Å²) in [4.78, 5) is 0. The van der Waals surface area contributed by atoms with Gasteiger partial charge in [-0.25, -0.2) is 0 Å². The second kappa shape index (κ2) is 12.3. The van der Waals surface area contributed by atoms with E-state index >= 15 is 0 Å². The Labute approximate surface area is 266 Å². The molecule has 7 aromatic carbocycles. The predicted octanol–water partition coefficient (Wildman–Crippen LogP) is 8.77. The lowest BCUT2D eigenvalue weighted by Crippen LogP contribution is -2.24. The summed E-state index contributed by atoms with van der Waals surface area (Å²) in [5.74, 6) is 0. The van der Waals surface area contributed by atoms with Crippen molar-refractivity contribution < 1.29 is 4.42 Å². The summed E-state index contributed by atoms with van der Waals surface area (Å²) in [6.45, 7) is 0. The third kappa shape index (κ3) is 5.19. The van der Waals surface area contributed by atoms with E-state index in [0.717, 1.165) is 11.1 Å². The van der Waals surface area contributed by atoms with Crippen LogP contribution in [0.1, 0.15) is 0 Å².